The predicted molar refractivity (Wildman–Crippen MR) is 106 cm³/mol. The Kier molecular flexibility index (Phi) is 6.98. The zero-order valence-electron chi connectivity index (χ0n) is 16.5. The Morgan fingerprint density at radius 1 is 0.903 bits per heavy atom. The molecule has 6 nitrogen and oxygen atoms in total. The van der Waals surface area contributed by atoms with Gasteiger partial charge in [-0.2, -0.15) is 13.2 Å². The fraction of sp³-hybridized carbons (Fsp3) is 0.333. The minimum Gasteiger partial charge on any atom is -0.484 e. The molecule has 3 rings (SSSR count). The second kappa shape index (κ2) is 9.67. The van der Waals surface area contributed by atoms with Crippen LogP contribution in [-0.2, 0) is 0 Å². The van der Waals surface area contributed by atoms with Crippen LogP contribution in [0.4, 0.5) is 28.0 Å². The first-order valence-corrected chi connectivity index (χ1v) is 9.62. The Morgan fingerprint density at radius 3 is 2.16 bits per heavy atom. The first kappa shape index (κ1) is 22.4. The Labute approximate surface area is 176 Å². The summed E-state index contributed by atoms with van der Waals surface area (Å²) in [5.74, 6) is -0.605. The Hall–Kier alpha value is -3.30. The van der Waals surface area contributed by atoms with Crippen molar-refractivity contribution in [2.45, 2.75) is 12.6 Å². The number of ether oxygens (including phenoxy) is 1. The van der Waals surface area contributed by atoms with Crippen molar-refractivity contribution in [3.05, 3.63) is 59.9 Å². The molecule has 3 amide bonds. The summed E-state index contributed by atoms with van der Waals surface area (Å²) < 4.78 is 54.3. The average molecular weight is 439 g/mol. The topological polar surface area (TPSA) is 61.9 Å². The molecule has 0 aromatic heterocycles. The number of alkyl halides is 3. The predicted octanol–water partition coefficient (Wildman–Crippen LogP) is 4.15. The minimum atomic E-state index is -4.42. The normalized spacial score (nSPS) is 14.7. The van der Waals surface area contributed by atoms with Gasteiger partial charge in [0.05, 0.1) is 0 Å². The fourth-order valence-corrected chi connectivity index (χ4v) is 3.10. The van der Waals surface area contributed by atoms with Crippen molar-refractivity contribution in [3.8, 4) is 5.75 Å². The van der Waals surface area contributed by atoms with Crippen LogP contribution in [0.5, 0.6) is 5.75 Å². The van der Waals surface area contributed by atoms with Crippen molar-refractivity contribution < 1.29 is 31.9 Å². The number of amides is 3. The zero-order valence-corrected chi connectivity index (χ0v) is 16.5. The molecule has 166 valence electrons. The van der Waals surface area contributed by atoms with E-state index in [-0.39, 0.29) is 17.7 Å². The van der Waals surface area contributed by atoms with Crippen LogP contribution in [0.3, 0.4) is 0 Å². The van der Waals surface area contributed by atoms with Crippen LogP contribution in [0.1, 0.15) is 16.8 Å². The lowest BCUT2D eigenvalue weighted by Gasteiger charge is -2.22. The van der Waals surface area contributed by atoms with Gasteiger partial charge in [0.1, 0.15) is 11.6 Å². The molecule has 10 heteroatoms. The number of hydrogen-bond acceptors (Lipinski definition) is 3. The van der Waals surface area contributed by atoms with E-state index in [1.807, 2.05) is 0 Å². The first-order chi connectivity index (χ1) is 14.7. The molecule has 0 unspecified atom stereocenters. The van der Waals surface area contributed by atoms with Gasteiger partial charge in [0.2, 0.25) is 0 Å². The lowest BCUT2D eigenvalue weighted by atomic mass is 10.2. The van der Waals surface area contributed by atoms with Gasteiger partial charge in [-0.3, -0.25) is 4.79 Å². The molecule has 1 fully saturated rings. The van der Waals surface area contributed by atoms with Crippen molar-refractivity contribution in [1.82, 2.24) is 9.80 Å². The number of halogens is 4. The van der Waals surface area contributed by atoms with Crippen molar-refractivity contribution in [1.29, 1.82) is 0 Å². The molecule has 0 atom stereocenters. The van der Waals surface area contributed by atoms with Gasteiger partial charge in [-0.05, 0) is 55.0 Å². The van der Waals surface area contributed by atoms with E-state index in [0.29, 0.717) is 43.9 Å². The van der Waals surface area contributed by atoms with Gasteiger partial charge in [0, 0.05) is 37.4 Å². The number of benzene rings is 2. The Balaban J connectivity index is 1.52. The molecule has 31 heavy (non-hydrogen) atoms. The largest absolute Gasteiger partial charge is 0.484 e. The maximum atomic E-state index is 13.1. The quantitative estimate of drug-likeness (QED) is 0.729. The lowest BCUT2D eigenvalue weighted by molar-refractivity contribution is -0.153. The summed E-state index contributed by atoms with van der Waals surface area (Å²) in [6.07, 6.45) is -3.85. The lowest BCUT2D eigenvalue weighted by Crippen LogP contribution is -2.39. The molecule has 0 radical (unpaired) electrons. The summed E-state index contributed by atoms with van der Waals surface area (Å²) in [7, 11) is 0. The number of carbonyl (C=O) groups is 2. The van der Waals surface area contributed by atoms with Gasteiger partial charge >= 0.3 is 12.2 Å². The second-order valence-corrected chi connectivity index (χ2v) is 7.00. The number of urea groups is 1. The third-order valence-electron chi connectivity index (χ3n) is 4.67. The monoisotopic (exact) mass is 439 g/mol. The van der Waals surface area contributed by atoms with Gasteiger partial charge in [-0.1, -0.05) is 0 Å². The molecular weight excluding hydrogens is 418 g/mol. The molecule has 1 aliphatic heterocycles. The van der Waals surface area contributed by atoms with E-state index in [1.165, 1.54) is 48.5 Å². The van der Waals surface area contributed by atoms with E-state index in [2.05, 4.69) is 10.1 Å². The molecule has 1 saturated heterocycles. The van der Waals surface area contributed by atoms with Crippen LogP contribution in [0.2, 0.25) is 0 Å². The molecule has 2 aromatic carbocycles. The van der Waals surface area contributed by atoms with Gasteiger partial charge in [0.25, 0.3) is 5.91 Å². The highest BCUT2D eigenvalue weighted by Gasteiger charge is 2.28. The Morgan fingerprint density at radius 2 is 1.52 bits per heavy atom. The van der Waals surface area contributed by atoms with E-state index in [9.17, 15) is 27.2 Å². The molecule has 2 aromatic rings. The van der Waals surface area contributed by atoms with E-state index in [4.69, 9.17) is 0 Å². The summed E-state index contributed by atoms with van der Waals surface area (Å²) in [6, 6.07) is 10.5. The maximum absolute atomic E-state index is 13.1. The smallest absolute Gasteiger partial charge is 0.422 e. The molecule has 1 heterocycles. The average Bonchev–Trinajstić information content (AvgIpc) is 2.99. The van der Waals surface area contributed by atoms with Crippen LogP contribution >= 0.6 is 0 Å². The van der Waals surface area contributed by atoms with Gasteiger partial charge in [0.15, 0.2) is 6.61 Å². The van der Waals surface area contributed by atoms with E-state index >= 15 is 0 Å². The number of nitrogens with zero attached hydrogens (tertiary/aromatic N) is 2. The molecule has 0 aliphatic carbocycles. The number of rotatable bonds is 4. The number of anilines is 1. The third-order valence-corrected chi connectivity index (χ3v) is 4.67. The molecule has 0 bridgehead atoms. The summed E-state index contributed by atoms with van der Waals surface area (Å²) in [5, 5.41) is 2.69. The number of nitrogens with one attached hydrogen (secondary N) is 1. The summed E-state index contributed by atoms with van der Waals surface area (Å²) in [4.78, 5) is 28.3. The fourth-order valence-electron chi connectivity index (χ4n) is 3.10. The SMILES string of the molecule is O=C(Nc1ccc(OCC(F)(F)F)cc1)N1CCCN(C(=O)c2ccc(F)cc2)CC1. The van der Waals surface area contributed by atoms with Crippen LogP contribution in [-0.4, -0.2) is 60.7 Å². The first-order valence-electron chi connectivity index (χ1n) is 9.62. The number of carbonyl (C=O) groups excluding carboxylic acids is 2. The molecule has 0 saturated carbocycles. The minimum absolute atomic E-state index is 0.0417. The zero-order chi connectivity index (χ0) is 22.4. The van der Waals surface area contributed by atoms with Crippen molar-refractivity contribution in [2.24, 2.45) is 0 Å². The van der Waals surface area contributed by atoms with E-state index in [1.54, 1.807) is 9.80 Å². The molecule has 0 spiro atoms. The number of hydrogen-bond donors (Lipinski definition) is 1. The van der Waals surface area contributed by atoms with Crippen molar-refractivity contribution >= 4 is 17.6 Å². The third kappa shape index (κ3) is 6.59. The van der Waals surface area contributed by atoms with Gasteiger partial charge in [-0.15, -0.1) is 0 Å². The van der Waals surface area contributed by atoms with Gasteiger partial charge in [-0.25, -0.2) is 9.18 Å². The Bertz CT molecular complexity index is 902. The standard InChI is InChI=1S/C21H21F4N3O3/c22-16-4-2-15(3-5-16)19(29)27-10-1-11-28(13-12-27)20(30)26-17-6-8-18(9-7-17)31-14-21(23,24)25/h2-9H,1,10-14H2,(H,26,30). The van der Waals surface area contributed by atoms with Crippen LogP contribution in [0, 0.1) is 5.82 Å². The summed E-state index contributed by atoms with van der Waals surface area (Å²) in [5.41, 5.74) is 0.792. The molecular formula is C21H21F4N3O3. The van der Waals surface area contributed by atoms with Crippen LogP contribution in [0.15, 0.2) is 48.5 Å². The van der Waals surface area contributed by atoms with Gasteiger partial charge < -0.3 is 19.9 Å². The summed E-state index contributed by atoms with van der Waals surface area (Å²) in [6.45, 7) is 0.149. The highest BCUT2D eigenvalue weighted by atomic mass is 19.4. The summed E-state index contributed by atoms with van der Waals surface area (Å²) >= 11 is 0. The molecule has 1 N–H and O–H groups in total. The second-order valence-electron chi connectivity index (χ2n) is 7.00. The van der Waals surface area contributed by atoms with Crippen LogP contribution in [0.25, 0.3) is 0 Å². The maximum Gasteiger partial charge on any atom is 0.422 e. The molecule has 1 aliphatic rings. The van der Waals surface area contributed by atoms with E-state index < -0.39 is 18.6 Å². The van der Waals surface area contributed by atoms with Crippen molar-refractivity contribution in [3.63, 3.8) is 0 Å². The van der Waals surface area contributed by atoms with Crippen molar-refractivity contribution in [2.75, 3.05) is 38.1 Å². The van der Waals surface area contributed by atoms with E-state index in [0.717, 1.165) is 0 Å². The van der Waals surface area contributed by atoms with Crippen LogP contribution < -0.4 is 10.1 Å². The highest BCUT2D eigenvalue weighted by Crippen LogP contribution is 2.20. The highest BCUT2D eigenvalue weighted by molar-refractivity contribution is 5.94.